The van der Waals surface area contributed by atoms with Crippen molar-refractivity contribution in [3.63, 3.8) is 0 Å². The van der Waals surface area contributed by atoms with Crippen molar-refractivity contribution in [2.45, 2.75) is 39.2 Å². The largest absolute Gasteiger partial charge is 0.454 e. The molecule has 228 valence electrons. The highest BCUT2D eigenvalue weighted by Crippen LogP contribution is 2.46. The van der Waals surface area contributed by atoms with Gasteiger partial charge < -0.3 is 39.4 Å². The predicted octanol–water partition coefficient (Wildman–Crippen LogP) is 2.18. The van der Waals surface area contributed by atoms with E-state index in [4.69, 9.17) is 9.47 Å². The van der Waals surface area contributed by atoms with Crippen LogP contribution in [0.2, 0.25) is 0 Å². The van der Waals surface area contributed by atoms with Gasteiger partial charge in [-0.15, -0.1) is 0 Å². The summed E-state index contributed by atoms with van der Waals surface area (Å²) in [7, 11) is 0. The number of carbonyl (C=O) groups is 2. The van der Waals surface area contributed by atoms with Gasteiger partial charge in [0.15, 0.2) is 23.4 Å². The molecule has 4 N–H and O–H groups in total. The number of hydrogen-bond acceptors (Lipinski definition) is 9. The predicted molar refractivity (Wildman–Crippen MR) is 159 cm³/mol. The van der Waals surface area contributed by atoms with E-state index < -0.39 is 24.2 Å². The fourth-order valence-corrected chi connectivity index (χ4v) is 6.00. The number of aliphatic hydroxyl groups excluding tert-OH is 4. The van der Waals surface area contributed by atoms with Crippen LogP contribution in [-0.2, 0) is 24.6 Å². The number of carbonyl (C=O) groups excluding carboxylic acids is 2. The molecular formula is C33H32N2O9. The molecule has 2 heterocycles. The Bertz CT molecular complexity index is 1850. The van der Waals surface area contributed by atoms with Crippen LogP contribution in [0.25, 0.3) is 22.0 Å². The van der Waals surface area contributed by atoms with Crippen molar-refractivity contribution < 1.29 is 39.5 Å². The molecule has 1 aromatic heterocycles. The molecule has 3 aromatic carbocycles. The van der Waals surface area contributed by atoms with Gasteiger partial charge in [-0.05, 0) is 54.3 Å². The van der Waals surface area contributed by atoms with Crippen LogP contribution in [0.4, 0.5) is 0 Å². The van der Waals surface area contributed by atoms with Gasteiger partial charge in [-0.2, -0.15) is 0 Å². The molecule has 1 unspecified atom stereocenters. The standard InChI is InChI=1S/C33H32N2O9/c1-18-3-5-19(6-4-18)30(39)33(42)34(9-10-36)7-2-8-35-29-23-13-26-27(44-17-43-26)14-24(23)31(40)28(29)22-11-20(15-37)21(16-38)12-25(22)32(35)41/h3-6,11-14,30,36-39H,2,7-10,15-17H2,1H3. The molecule has 0 saturated carbocycles. The van der Waals surface area contributed by atoms with Crippen LogP contribution in [0.5, 0.6) is 11.5 Å². The lowest BCUT2D eigenvalue weighted by Crippen LogP contribution is -2.38. The maximum atomic E-state index is 14.1. The molecule has 0 radical (unpaired) electrons. The zero-order chi connectivity index (χ0) is 31.1. The average molecular weight is 601 g/mol. The minimum Gasteiger partial charge on any atom is -0.454 e. The second-order valence-corrected chi connectivity index (χ2v) is 11.0. The van der Waals surface area contributed by atoms with E-state index in [0.29, 0.717) is 50.4 Å². The third kappa shape index (κ3) is 4.93. The fourth-order valence-electron chi connectivity index (χ4n) is 6.00. The number of aliphatic hydroxyl groups is 4. The van der Waals surface area contributed by atoms with Gasteiger partial charge in [0.1, 0.15) is 0 Å². The maximum absolute atomic E-state index is 14.1. The third-order valence-electron chi connectivity index (χ3n) is 8.29. The number of hydrogen-bond donors (Lipinski definition) is 4. The highest BCUT2D eigenvalue weighted by atomic mass is 16.7. The Morgan fingerprint density at radius 1 is 0.909 bits per heavy atom. The number of aromatic nitrogens is 1. The molecule has 0 fully saturated rings. The summed E-state index contributed by atoms with van der Waals surface area (Å²) in [6, 6.07) is 13.3. The van der Waals surface area contributed by atoms with Crippen LogP contribution in [0.1, 0.15) is 50.7 Å². The van der Waals surface area contributed by atoms with E-state index in [0.717, 1.165) is 5.56 Å². The van der Waals surface area contributed by atoms with Crippen molar-refractivity contribution in [3.8, 4) is 22.8 Å². The summed E-state index contributed by atoms with van der Waals surface area (Å²) in [6.45, 7) is 1.02. The average Bonchev–Trinajstić information content (AvgIpc) is 3.61. The summed E-state index contributed by atoms with van der Waals surface area (Å²) < 4.78 is 12.5. The molecule has 6 rings (SSSR count). The molecule has 44 heavy (non-hydrogen) atoms. The van der Waals surface area contributed by atoms with Gasteiger partial charge in [-0.25, -0.2) is 0 Å². The van der Waals surface area contributed by atoms with Crippen LogP contribution in [0, 0.1) is 6.92 Å². The molecule has 1 aliphatic heterocycles. The summed E-state index contributed by atoms with van der Waals surface area (Å²) in [5.41, 5.74) is 3.31. The van der Waals surface area contributed by atoms with E-state index in [1.54, 1.807) is 42.5 Å². The van der Waals surface area contributed by atoms with Crippen molar-refractivity contribution in [1.82, 2.24) is 9.47 Å². The lowest BCUT2D eigenvalue weighted by Gasteiger charge is -2.25. The molecule has 0 spiro atoms. The van der Waals surface area contributed by atoms with Crippen molar-refractivity contribution >= 4 is 22.5 Å². The lowest BCUT2D eigenvalue weighted by molar-refractivity contribution is -0.141. The number of pyridine rings is 1. The summed E-state index contributed by atoms with van der Waals surface area (Å²) in [5.74, 6) is -0.0191. The van der Waals surface area contributed by atoms with E-state index in [2.05, 4.69) is 0 Å². The molecule has 2 aliphatic rings. The number of fused-ring (bicyclic) bond motifs is 6. The topological polar surface area (TPSA) is 159 Å². The van der Waals surface area contributed by atoms with Crippen LogP contribution < -0.4 is 15.0 Å². The third-order valence-corrected chi connectivity index (χ3v) is 8.29. The van der Waals surface area contributed by atoms with E-state index in [9.17, 15) is 34.8 Å². The number of rotatable bonds is 10. The first-order chi connectivity index (χ1) is 21.3. The highest BCUT2D eigenvalue weighted by molar-refractivity contribution is 6.27. The smallest absolute Gasteiger partial charge is 0.258 e. The summed E-state index contributed by atoms with van der Waals surface area (Å²) >= 11 is 0. The SMILES string of the molecule is Cc1ccc(C(O)C(=O)N(CCO)CCCn2c3c(c4cc(CO)c(CO)cc4c2=O)C(=O)c2cc4c(cc2-3)OCO4)cc1. The maximum Gasteiger partial charge on any atom is 0.258 e. The molecule has 4 aromatic rings. The van der Waals surface area contributed by atoms with Gasteiger partial charge >= 0.3 is 0 Å². The summed E-state index contributed by atoms with van der Waals surface area (Å²) in [5, 5.41) is 40.8. The van der Waals surface area contributed by atoms with Gasteiger partial charge in [0.2, 0.25) is 6.79 Å². The zero-order valence-corrected chi connectivity index (χ0v) is 24.1. The van der Waals surface area contributed by atoms with Gasteiger partial charge in [-0.3, -0.25) is 14.4 Å². The second-order valence-electron chi connectivity index (χ2n) is 11.0. The van der Waals surface area contributed by atoms with E-state index in [1.165, 1.54) is 15.5 Å². The van der Waals surface area contributed by atoms with Crippen LogP contribution >= 0.6 is 0 Å². The second kappa shape index (κ2) is 11.9. The Morgan fingerprint density at radius 2 is 1.55 bits per heavy atom. The number of ketones is 1. The molecule has 11 heteroatoms. The first-order valence-corrected chi connectivity index (χ1v) is 14.3. The fraction of sp³-hybridized carbons (Fsp3) is 0.303. The minimum atomic E-state index is -1.42. The van der Waals surface area contributed by atoms with Crippen molar-refractivity contribution in [1.29, 1.82) is 0 Å². The Kier molecular flexibility index (Phi) is 7.95. The molecular weight excluding hydrogens is 568 g/mol. The molecule has 1 atom stereocenters. The lowest BCUT2D eigenvalue weighted by atomic mass is 9.97. The molecule has 0 saturated heterocycles. The first-order valence-electron chi connectivity index (χ1n) is 14.3. The molecule has 1 amide bonds. The van der Waals surface area contributed by atoms with Crippen molar-refractivity contribution in [3.05, 3.63) is 92.3 Å². The Balaban J connectivity index is 1.39. The first kappa shape index (κ1) is 29.5. The van der Waals surface area contributed by atoms with Gasteiger partial charge in [0.25, 0.3) is 11.5 Å². The molecule has 11 nitrogen and oxygen atoms in total. The van der Waals surface area contributed by atoms with Crippen LogP contribution in [0.15, 0.2) is 53.3 Å². The zero-order valence-electron chi connectivity index (χ0n) is 24.1. The van der Waals surface area contributed by atoms with Crippen molar-refractivity contribution in [2.75, 3.05) is 26.5 Å². The monoisotopic (exact) mass is 600 g/mol. The quantitative estimate of drug-likeness (QED) is 0.189. The number of ether oxygens (including phenoxy) is 2. The Morgan fingerprint density at radius 3 is 2.18 bits per heavy atom. The molecule has 1 aliphatic carbocycles. The number of benzene rings is 3. The van der Waals surface area contributed by atoms with Crippen molar-refractivity contribution in [2.24, 2.45) is 0 Å². The van der Waals surface area contributed by atoms with Gasteiger partial charge in [0.05, 0.1) is 31.1 Å². The van der Waals surface area contributed by atoms with E-state index >= 15 is 0 Å². The van der Waals surface area contributed by atoms with Gasteiger partial charge in [-0.1, -0.05) is 29.8 Å². The highest BCUT2D eigenvalue weighted by Gasteiger charge is 2.35. The van der Waals surface area contributed by atoms with E-state index in [1.807, 2.05) is 6.92 Å². The van der Waals surface area contributed by atoms with Crippen LogP contribution in [0.3, 0.4) is 0 Å². The van der Waals surface area contributed by atoms with Crippen LogP contribution in [-0.4, -0.2) is 68.1 Å². The van der Waals surface area contributed by atoms with E-state index in [-0.39, 0.29) is 62.8 Å². The summed E-state index contributed by atoms with van der Waals surface area (Å²) in [4.78, 5) is 42.5. The summed E-state index contributed by atoms with van der Waals surface area (Å²) in [6.07, 6.45) is -1.15. The Hall–Kier alpha value is -4.55. The Labute approximate surface area is 252 Å². The number of amides is 1. The number of aryl methyl sites for hydroxylation is 1. The minimum absolute atomic E-state index is 0.0107. The molecule has 0 bridgehead atoms. The normalized spacial score (nSPS) is 13.7. The number of nitrogens with zero attached hydrogens (tertiary/aromatic N) is 2. The van der Waals surface area contributed by atoms with Gasteiger partial charge in [0, 0.05) is 41.5 Å².